The van der Waals surface area contributed by atoms with Crippen molar-refractivity contribution in [3.63, 3.8) is 0 Å². The maximum atomic E-state index is 11.8. The predicted molar refractivity (Wildman–Crippen MR) is 90.2 cm³/mol. The van der Waals surface area contributed by atoms with E-state index >= 15 is 0 Å². The Morgan fingerprint density at radius 1 is 1.52 bits per heavy atom. The van der Waals surface area contributed by atoms with Gasteiger partial charge < -0.3 is 16.4 Å². The van der Waals surface area contributed by atoms with Gasteiger partial charge in [0.05, 0.1) is 16.6 Å². The number of nitrogens with two attached hydrogens (primary N) is 1. The number of pyridine rings is 1. The van der Waals surface area contributed by atoms with E-state index in [-0.39, 0.29) is 11.9 Å². The number of thiophene rings is 1. The van der Waals surface area contributed by atoms with Crippen LogP contribution >= 0.6 is 23.1 Å². The van der Waals surface area contributed by atoms with Gasteiger partial charge in [0.15, 0.2) is 0 Å². The van der Waals surface area contributed by atoms with Crippen LogP contribution in [0.25, 0.3) is 0 Å². The van der Waals surface area contributed by atoms with Gasteiger partial charge in [0.1, 0.15) is 9.88 Å². The molecule has 0 aromatic carbocycles. The maximum Gasteiger partial charge on any atom is 0.263 e. The van der Waals surface area contributed by atoms with E-state index in [1.54, 1.807) is 13.2 Å². The van der Waals surface area contributed by atoms with Gasteiger partial charge >= 0.3 is 0 Å². The van der Waals surface area contributed by atoms with Crippen LogP contribution in [-0.4, -0.2) is 24.2 Å². The zero-order chi connectivity index (χ0) is 15.4. The molecule has 2 rings (SSSR count). The quantitative estimate of drug-likeness (QED) is 0.738. The van der Waals surface area contributed by atoms with Crippen molar-refractivity contribution < 1.29 is 4.79 Å². The van der Waals surface area contributed by atoms with E-state index in [0.29, 0.717) is 10.6 Å². The number of carbonyl (C=O) groups is 1. The minimum absolute atomic E-state index is 0.0835. The fraction of sp³-hybridized carbons (Fsp3) is 0.286. The van der Waals surface area contributed by atoms with Crippen LogP contribution in [-0.2, 0) is 0 Å². The molecule has 0 fully saturated rings. The molecule has 0 saturated heterocycles. The number of nitrogen functional groups attached to an aromatic ring is 1. The Morgan fingerprint density at radius 2 is 2.29 bits per heavy atom. The van der Waals surface area contributed by atoms with Crippen molar-refractivity contribution in [3.8, 4) is 0 Å². The first-order valence-electron chi connectivity index (χ1n) is 6.43. The number of nitrogens with one attached hydrogen (secondary N) is 2. The number of rotatable bonds is 5. The number of hydrogen-bond donors (Lipinski definition) is 3. The molecule has 0 bridgehead atoms. The van der Waals surface area contributed by atoms with Crippen LogP contribution in [0.5, 0.6) is 0 Å². The Hall–Kier alpha value is -1.73. The maximum absolute atomic E-state index is 11.8. The molecular weight excluding hydrogens is 304 g/mol. The second-order valence-electron chi connectivity index (χ2n) is 4.44. The second-order valence-corrected chi connectivity index (χ2v) is 6.28. The minimum atomic E-state index is -0.158. The van der Waals surface area contributed by atoms with Gasteiger partial charge in [-0.3, -0.25) is 9.78 Å². The number of hydrogen-bond acceptors (Lipinski definition) is 6. The summed E-state index contributed by atoms with van der Waals surface area (Å²) < 4.78 is 0. The average Bonchev–Trinajstić information content (AvgIpc) is 2.83. The third kappa shape index (κ3) is 3.30. The van der Waals surface area contributed by atoms with Crippen LogP contribution in [0.2, 0.25) is 0 Å². The van der Waals surface area contributed by atoms with Gasteiger partial charge in [-0.05, 0) is 24.8 Å². The molecule has 112 valence electrons. The highest BCUT2D eigenvalue weighted by molar-refractivity contribution is 7.99. The van der Waals surface area contributed by atoms with Gasteiger partial charge in [0.25, 0.3) is 5.91 Å². The summed E-state index contributed by atoms with van der Waals surface area (Å²) in [5.74, 6) is -0.158. The number of amides is 1. The lowest BCUT2D eigenvalue weighted by atomic mass is 10.1. The van der Waals surface area contributed by atoms with Gasteiger partial charge in [-0.2, -0.15) is 0 Å². The van der Waals surface area contributed by atoms with E-state index in [9.17, 15) is 4.79 Å². The molecule has 7 heteroatoms. The van der Waals surface area contributed by atoms with E-state index in [1.807, 2.05) is 24.6 Å². The molecule has 21 heavy (non-hydrogen) atoms. The summed E-state index contributed by atoms with van der Waals surface area (Å²) >= 11 is 2.91. The van der Waals surface area contributed by atoms with E-state index in [0.717, 1.165) is 15.5 Å². The van der Waals surface area contributed by atoms with E-state index in [2.05, 4.69) is 22.5 Å². The highest BCUT2D eigenvalue weighted by atomic mass is 32.2. The smallest absolute Gasteiger partial charge is 0.263 e. The molecule has 0 aliphatic carbocycles. The third-order valence-electron chi connectivity index (χ3n) is 3.07. The molecule has 1 unspecified atom stereocenters. The first-order chi connectivity index (χ1) is 10.1. The van der Waals surface area contributed by atoms with Crippen LogP contribution in [0.15, 0.2) is 29.4 Å². The summed E-state index contributed by atoms with van der Waals surface area (Å²) in [4.78, 5) is 17.4. The Bertz CT molecular complexity index is 627. The topological polar surface area (TPSA) is 80.0 Å². The summed E-state index contributed by atoms with van der Waals surface area (Å²) in [6, 6.07) is 4.00. The fourth-order valence-corrected chi connectivity index (χ4v) is 3.98. The Labute approximate surface area is 132 Å². The number of nitrogens with zero attached hydrogens (tertiary/aromatic N) is 1. The van der Waals surface area contributed by atoms with E-state index in [1.165, 1.54) is 23.1 Å². The monoisotopic (exact) mass is 322 g/mol. The summed E-state index contributed by atoms with van der Waals surface area (Å²) in [5.41, 5.74) is 7.70. The number of anilines is 2. The van der Waals surface area contributed by atoms with Gasteiger partial charge in [0.2, 0.25) is 0 Å². The van der Waals surface area contributed by atoms with Gasteiger partial charge in [-0.25, -0.2) is 0 Å². The molecule has 4 N–H and O–H groups in total. The van der Waals surface area contributed by atoms with Gasteiger partial charge in [-0.1, -0.05) is 6.07 Å². The van der Waals surface area contributed by atoms with Crippen molar-refractivity contribution in [2.45, 2.75) is 17.9 Å². The summed E-state index contributed by atoms with van der Waals surface area (Å²) in [7, 11) is 1.60. The van der Waals surface area contributed by atoms with Crippen LogP contribution in [0.3, 0.4) is 0 Å². The normalized spacial score (nSPS) is 12.0. The van der Waals surface area contributed by atoms with E-state index in [4.69, 9.17) is 5.73 Å². The molecule has 1 amide bonds. The molecule has 2 aromatic heterocycles. The number of carbonyl (C=O) groups excluding carboxylic acids is 1. The lowest BCUT2D eigenvalue weighted by Crippen LogP contribution is -2.17. The molecule has 0 saturated carbocycles. The lowest BCUT2D eigenvalue weighted by molar-refractivity contribution is 0.0968. The molecule has 2 heterocycles. The van der Waals surface area contributed by atoms with Crippen molar-refractivity contribution >= 4 is 39.7 Å². The zero-order valence-corrected chi connectivity index (χ0v) is 13.8. The van der Waals surface area contributed by atoms with Crippen molar-refractivity contribution in [2.75, 3.05) is 24.4 Å². The highest BCUT2D eigenvalue weighted by Gasteiger charge is 2.21. The molecule has 0 spiro atoms. The molecule has 1 atom stereocenters. The van der Waals surface area contributed by atoms with E-state index < -0.39 is 0 Å². The Balaban J connectivity index is 2.29. The second kappa shape index (κ2) is 6.82. The Kier molecular flexibility index (Phi) is 5.08. The van der Waals surface area contributed by atoms with Crippen molar-refractivity contribution in [2.24, 2.45) is 0 Å². The van der Waals surface area contributed by atoms with Crippen LogP contribution in [0.4, 0.5) is 10.7 Å². The zero-order valence-electron chi connectivity index (χ0n) is 12.1. The van der Waals surface area contributed by atoms with Crippen LogP contribution in [0.1, 0.15) is 28.2 Å². The molecule has 0 radical (unpaired) electrons. The lowest BCUT2D eigenvalue weighted by Gasteiger charge is -2.14. The van der Waals surface area contributed by atoms with Crippen molar-refractivity contribution in [1.82, 2.24) is 10.3 Å². The SMILES string of the molecule is CNC(=O)c1sc(NC(C)c2cccnc2)c(SC)c1N. The number of aromatic nitrogens is 1. The first-order valence-corrected chi connectivity index (χ1v) is 8.47. The minimum Gasteiger partial charge on any atom is -0.396 e. The van der Waals surface area contributed by atoms with Gasteiger partial charge in [-0.15, -0.1) is 23.1 Å². The molecule has 0 aliphatic heterocycles. The number of thioether (sulfide) groups is 1. The summed E-state index contributed by atoms with van der Waals surface area (Å²) in [6.45, 7) is 2.05. The molecular formula is C14H18N4OS2. The Morgan fingerprint density at radius 3 is 2.86 bits per heavy atom. The first kappa shape index (κ1) is 15.7. The largest absolute Gasteiger partial charge is 0.396 e. The highest BCUT2D eigenvalue weighted by Crippen LogP contribution is 2.42. The molecule has 2 aromatic rings. The van der Waals surface area contributed by atoms with Crippen molar-refractivity contribution in [3.05, 3.63) is 35.0 Å². The summed E-state index contributed by atoms with van der Waals surface area (Å²) in [5, 5.41) is 6.94. The van der Waals surface area contributed by atoms with Gasteiger partial charge in [0, 0.05) is 19.4 Å². The predicted octanol–water partition coefficient (Wildman–Crippen LogP) is 2.98. The van der Waals surface area contributed by atoms with Crippen molar-refractivity contribution in [1.29, 1.82) is 0 Å². The molecule has 0 aliphatic rings. The fourth-order valence-electron chi connectivity index (χ4n) is 1.92. The van der Waals surface area contributed by atoms with Crippen LogP contribution < -0.4 is 16.4 Å². The third-order valence-corrected chi connectivity index (χ3v) is 5.17. The standard InChI is InChI=1S/C14H18N4OS2/c1-8(9-5-4-6-17-7-9)18-14-12(20-3)10(15)11(21-14)13(19)16-2/h4-8,18H,15H2,1-3H3,(H,16,19). The average molecular weight is 322 g/mol. The van der Waals surface area contributed by atoms with Crippen LogP contribution in [0, 0.1) is 0 Å². The summed E-state index contributed by atoms with van der Waals surface area (Å²) in [6.07, 6.45) is 5.52. The molecule has 5 nitrogen and oxygen atoms in total.